The van der Waals surface area contributed by atoms with Gasteiger partial charge in [0, 0.05) is 25.4 Å². The molecule has 0 N–H and O–H groups in total. The average molecular weight is 469 g/mol. The Labute approximate surface area is 197 Å². The predicted molar refractivity (Wildman–Crippen MR) is 121 cm³/mol. The highest BCUT2D eigenvalue weighted by Gasteiger charge is 2.76. The van der Waals surface area contributed by atoms with Crippen LogP contribution in [0.15, 0.2) is 12.2 Å². The van der Waals surface area contributed by atoms with Crippen LogP contribution in [0.25, 0.3) is 0 Å². The van der Waals surface area contributed by atoms with E-state index in [2.05, 4.69) is 6.92 Å². The number of hydrogen-bond acceptors (Lipinski definition) is 8. The second-order valence-electron chi connectivity index (χ2n) is 8.60. The third kappa shape index (κ3) is 7.27. The van der Waals surface area contributed by atoms with Crippen LogP contribution in [0.4, 0.5) is 0 Å². The Hall–Kier alpha value is -1.93. The summed E-state index contributed by atoms with van der Waals surface area (Å²) >= 11 is 0. The molecular weight excluding hydrogens is 428 g/mol. The van der Waals surface area contributed by atoms with Gasteiger partial charge in [-0.3, -0.25) is 14.4 Å². The molecule has 33 heavy (non-hydrogen) atoms. The molecule has 1 saturated heterocycles. The number of ether oxygens (including phenoxy) is 5. The molecule has 4 unspecified atom stereocenters. The largest absolute Gasteiger partial charge is 0.466 e. The van der Waals surface area contributed by atoms with Crippen LogP contribution >= 0.6 is 0 Å². The molecule has 0 aromatic carbocycles. The van der Waals surface area contributed by atoms with Crippen molar-refractivity contribution in [3.63, 3.8) is 0 Å². The zero-order valence-electron chi connectivity index (χ0n) is 20.5. The smallest absolute Gasteiger partial charge is 0.324 e. The van der Waals surface area contributed by atoms with Crippen molar-refractivity contribution in [1.82, 2.24) is 0 Å². The highest BCUT2D eigenvalue weighted by molar-refractivity contribution is 6.05. The standard InChI is InChI=1S/C25H40O8/c1-5-8-9-12-19(33-22-13-10-11-16-31-22)14-15-20-21(17-32-18(4)26)25(20,23(27)29-6-2)24(28)30-7-3/h14-15,19-22H,5-13,16-17H2,1-4H3. The van der Waals surface area contributed by atoms with Crippen LogP contribution in [0.1, 0.15) is 72.6 Å². The molecule has 0 aromatic heterocycles. The van der Waals surface area contributed by atoms with Crippen molar-refractivity contribution in [3.8, 4) is 0 Å². The van der Waals surface area contributed by atoms with Gasteiger partial charge >= 0.3 is 17.9 Å². The van der Waals surface area contributed by atoms with Crippen LogP contribution in [0.2, 0.25) is 0 Å². The van der Waals surface area contributed by atoms with Gasteiger partial charge in [0.2, 0.25) is 0 Å². The van der Waals surface area contributed by atoms with E-state index in [1.54, 1.807) is 13.8 Å². The van der Waals surface area contributed by atoms with E-state index in [1.165, 1.54) is 6.92 Å². The Morgan fingerprint density at radius 1 is 1.03 bits per heavy atom. The molecule has 2 rings (SSSR count). The summed E-state index contributed by atoms with van der Waals surface area (Å²) in [7, 11) is 0. The maximum Gasteiger partial charge on any atom is 0.324 e. The quantitative estimate of drug-likeness (QED) is 0.124. The van der Waals surface area contributed by atoms with E-state index >= 15 is 0 Å². The summed E-state index contributed by atoms with van der Waals surface area (Å²) in [6, 6.07) is 0. The number of esters is 3. The van der Waals surface area contributed by atoms with E-state index in [9.17, 15) is 14.4 Å². The summed E-state index contributed by atoms with van der Waals surface area (Å²) in [5.74, 6) is -2.80. The van der Waals surface area contributed by atoms with Crippen molar-refractivity contribution in [1.29, 1.82) is 0 Å². The van der Waals surface area contributed by atoms with Gasteiger partial charge in [0.05, 0.1) is 25.9 Å². The molecule has 0 bridgehead atoms. The first-order valence-corrected chi connectivity index (χ1v) is 12.3. The van der Waals surface area contributed by atoms with Gasteiger partial charge in [-0.05, 0) is 39.5 Å². The van der Waals surface area contributed by atoms with E-state index in [4.69, 9.17) is 23.7 Å². The fourth-order valence-corrected chi connectivity index (χ4v) is 4.44. The molecule has 1 heterocycles. The normalized spacial score (nSPS) is 24.8. The van der Waals surface area contributed by atoms with Crippen molar-refractivity contribution < 1.29 is 38.1 Å². The lowest BCUT2D eigenvalue weighted by molar-refractivity contribution is -0.179. The van der Waals surface area contributed by atoms with E-state index in [0.717, 1.165) is 44.9 Å². The van der Waals surface area contributed by atoms with Crippen molar-refractivity contribution in [3.05, 3.63) is 12.2 Å². The van der Waals surface area contributed by atoms with Gasteiger partial charge in [0.25, 0.3) is 0 Å². The lowest BCUT2D eigenvalue weighted by Gasteiger charge is -2.26. The minimum Gasteiger partial charge on any atom is -0.466 e. The third-order valence-corrected chi connectivity index (χ3v) is 6.22. The highest BCUT2D eigenvalue weighted by Crippen LogP contribution is 2.61. The summed E-state index contributed by atoms with van der Waals surface area (Å²) in [5.41, 5.74) is -1.51. The van der Waals surface area contributed by atoms with Crippen LogP contribution < -0.4 is 0 Å². The van der Waals surface area contributed by atoms with Gasteiger partial charge in [-0.1, -0.05) is 38.3 Å². The molecule has 8 heteroatoms. The van der Waals surface area contributed by atoms with Crippen molar-refractivity contribution >= 4 is 17.9 Å². The molecule has 0 spiro atoms. The number of unbranched alkanes of at least 4 members (excludes halogenated alkanes) is 2. The molecule has 2 fully saturated rings. The van der Waals surface area contributed by atoms with E-state index < -0.39 is 35.2 Å². The van der Waals surface area contributed by atoms with Crippen molar-refractivity contribution in [2.45, 2.75) is 85.0 Å². The molecule has 2 aliphatic rings. The average Bonchev–Trinajstić information content (AvgIpc) is 3.45. The first-order valence-electron chi connectivity index (χ1n) is 12.3. The van der Waals surface area contributed by atoms with E-state index in [-0.39, 0.29) is 32.2 Å². The van der Waals surface area contributed by atoms with E-state index in [1.807, 2.05) is 12.2 Å². The molecule has 1 aliphatic heterocycles. The fourth-order valence-electron chi connectivity index (χ4n) is 4.44. The zero-order chi connectivity index (χ0) is 24.3. The lowest BCUT2D eigenvalue weighted by atomic mass is 10.0. The maximum atomic E-state index is 12.9. The van der Waals surface area contributed by atoms with Crippen LogP contribution in [0, 0.1) is 17.3 Å². The first kappa shape index (κ1) is 27.3. The fraction of sp³-hybridized carbons (Fsp3) is 0.800. The van der Waals surface area contributed by atoms with Gasteiger partial charge in [0.15, 0.2) is 11.7 Å². The molecule has 4 atom stereocenters. The van der Waals surface area contributed by atoms with Gasteiger partial charge < -0.3 is 23.7 Å². The Morgan fingerprint density at radius 3 is 2.27 bits per heavy atom. The number of rotatable bonds is 14. The SMILES string of the molecule is CCCCCC(C=CC1C(COC(C)=O)C1(C(=O)OCC)C(=O)OCC)OC1CCCCO1. The molecule has 0 radical (unpaired) electrons. The minimum atomic E-state index is -1.51. The zero-order valence-corrected chi connectivity index (χ0v) is 20.5. The van der Waals surface area contributed by atoms with Gasteiger partial charge in [-0.2, -0.15) is 0 Å². The monoisotopic (exact) mass is 468 g/mol. The minimum absolute atomic E-state index is 0.0605. The molecule has 1 saturated carbocycles. The first-order chi connectivity index (χ1) is 15.9. The van der Waals surface area contributed by atoms with Crippen LogP contribution in [0.5, 0.6) is 0 Å². The second kappa shape index (κ2) is 13.7. The van der Waals surface area contributed by atoms with E-state index in [0.29, 0.717) is 6.61 Å². The summed E-state index contributed by atoms with van der Waals surface area (Å²) < 4.78 is 27.6. The number of allylic oxidation sites excluding steroid dienone is 1. The lowest BCUT2D eigenvalue weighted by Crippen LogP contribution is -2.34. The molecule has 1 aliphatic carbocycles. The number of carbonyl (C=O) groups excluding carboxylic acids is 3. The Balaban J connectivity index is 2.23. The van der Waals surface area contributed by atoms with Crippen LogP contribution in [-0.4, -0.2) is 56.7 Å². The molecule has 0 aromatic rings. The highest BCUT2D eigenvalue weighted by atomic mass is 16.7. The topological polar surface area (TPSA) is 97.4 Å². The Kier molecular flexibility index (Phi) is 11.3. The van der Waals surface area contributed by atoms with Crippen LogP contribution in [-0.2, 0) is 38.1 Å². The Bertz CT molecular complexity index is 649. The predicted octanol–water partition coefficient (Wildman–Crippen LogP) is 3.96. The van der Waals surface area contributed by atoms with Crippen molar-refractivity contribution in [2.75, 3.05) is 26.4 Å². The Morgan fingerprint density at radius 2 is 1.73 bits per heavy atom. The van der Waals surface area contributed by atoms with Gasteiger partial charge in [-0.25, -0.2) is 0 Å². The van der Waals surface area contributed by atoms with Crippen molar-refractivity contribution in [2.24, 2.45) is 17.3 Å². The molecule has 8 nitrogen and oxygen atoms in total. The summed E-state index contributed by atoms with van der Waals surface area (Å²) in [6.45, 7) is 7.72. The summed E-state index contributed by atoms with van der Waals surface area (Å²) in [6.07, 6.45) is 10.3. The van der Waals surface area contributed by atoms with Crippen LogP contribution in [0.3, 0.4) is 0 Å². The molecule has 0 amide bonds. The molecular formula is C25H40O8. The van der Waals surface area contributed by atoms with Gasteiger partial charge in [0.1, 0.15) is 0 Å². The second-order valence-corrected chi connectivity index (χ2v) is 8.60. The summed E-state index contributed by atoms with van der Waals surface area (Å²) in [4.78, 5) is 37.3. The number of hydrogen-bond donors (Lipinski definition) is 0. The number of carbonyl (C=O) groups is 3. The molecule has 188 valence electrons. The summed E-state index contributed by atoms with van der Waals surface area (Å²) in [5, 5.41) is 0. The third-order valence-electron chi connectivity index (χ3n) is 6.22. The maximum absolute atomic E-state index is 12.9. The van der Waals surface area contributed by atoms with Gasteiger partial charge in [-0.15, -0.1) is 0 Å².